The zero-order valence-corrected chi connectivity index (χ0v) is 11.1. The summed E-state index contributed by atoms with van der Waals surface area (Å²) in [6.45, 7) is 2.51. The highest BCUT2D eigenvalue weighted by molar-refractivity contribution is 6.32. The topological polar surface area (TPSA) is 64.3 Å². The van der Waals surface area contributed by atoms with Gasteiger partial charge in [-0.15, -0.1) is 12.4 Å². The maximum Gasteiger partial charge on any atom is 0.260 e. The van der Waals surface area contributed by atoms with E-state index in [1.807, 2.05) is 0 Å². The maximum absolute atomic E-state index is 11.5. The Morgan fingerprint density at radius 2 is 2.18 bits per heavy atom. The summed E-state index contributed by atoms with van der Waals surface area (Å²) >= 11 is 5.90. The average molecular weight is 279 g/mol. The number of rotatable bonds is 5. The van der Waals surface area contributed by atoms with E-state index in [1.54, 1.807) is 31.2 Å². The van der Waals surface area contributed by atoms with E-state index in [0.29, 0.717) is 23.9 Å². The van der Waals surface area contributed by atoms with E-state index >= 15 is 0 Å². The minimum absolute atomic E-state index is 0. The van der Waals surface area contributed by atoms with Gasteiger partial charge >= 0.3 is 0 Å². The molecule has 1 rings (SSSR count). The van der Waals surface area contributed by atoms with Crippen LogP contribution in [-0.4, -0.2) is 25.1 Å². The molecule has 1 atom stereocenters. The van der Waals surface area contributed by atoms with E-state index in [2.05, 4.69) is 5.32 Å². The van der Waals surface area contributed by atoms with Gasteiger partial charge in [-0.25, -0.2) is 0 Å². The maximum atomic E-state index is 11.5. The van der Waals surface area contributed by atoms with Crippen molar-refractivity contribution in [3.63, 3.8) is 0 Å². The van der Waals surface area contributed by atoms with Crippen molar-refractivity contribution >= 4 is 29.9 Å². The molecule has 0 aliphatic heterocycles. The van der Waals surface area contributed by atoms with Gasteiger partial charge in [0, 0.05) is 13.1 Å². The molecule has 96 valence electrons. The van der Waals surface area contributed by atoms with Crippen LogP contribution in [0.2, 0.25) is 5.02 Å². The molecule has 1 unspecified atom stereocenters. The lowest BCUT2D eigenvalue weighted by atomic mass is 10.3. The first-order chi connectivity index (χ1) is 7.65. The highest BCUT2D eigenvalue weighted by atomic mass is 35.5. The lowest BCUT2D eigenvalue weighted by Crippen LogP contribution is -2.38. The standard InChI is InChI=1S/C11H15ClN2O2.ClH/c1-8(11(15)14-7-6-13)16-10-5-3-2-4-9(10)12;/h2-5,8H,6-7,13H2,1H3,(H,14,15);1H. The van der Waals surface area contributed by atoms with Crippen molar-refractivity contribution in [2.75, 3.05) is 13.1 Å². The number of amides is 1. The molecule has 1 aromatic rings. The first kappa shape index (κ1) is 16.0. The van der Waals surface area contributed by atoms with Gasteiger partial charge < -0.3 is 15.8 Å². The lowest BCUT2D eigenvalue weighted by molar-refractivity contribution is -0.127. The first-order valence-corrected chi connectivity index (χ1v) is 5.42. The molecule has 1 aromatic carbocycles. The van der Waals surface area contributed by atoms with Crippen LogP contribution >= 0.6 is 24.0 Å². The van der Waals surface area contributed by atoms with Gasteiger partial charge in [-0.05, 0) is 19.1 Å². The molecule has 0 aliphatic carbocycles. The summed E-state index contributed by atoms with van der Waals surface area (Å²) < 4.78 is 5.42. The molecular weight excluding hydrogens is 263 g/mol. The number of ether oxygens (including phenoxy) is 1. The number of hydrogen-bond acceptors (Lipinski definition) is 3. The van der Waals surface area contributed by atoms with Crippen LogP contribution in [-0.2, 0) is 4.79 Å². The van der Waals surface area contributed by atoms with Crippen molar-refractivity contribution in [2.45, 2.75) is 13.0 Å². The quantitative estimate of drug-likeness (QED) is 0.860. The second kappa shape index (κ2) is 8.17. The fourth-order valence-electron chi connectivity index (χ4n) is 1.12. The molecule has 17 heavy (non-hydrogen) atoms. The highest BCUT2D eigenvalue weighted by Gasteiger charge is 2.14. The molecule has 0 saturated carbocycles. The second-order valence-corrected chi connectivity index (χ2v) is 3.68. The van der Waals surface area contributed by atoms with E-state index in [9.17, 15) is 4.79 Å². The Hall–Kier alpha value is -0.970. The first-order valence-electron chi connectivity index (χ1n) is 5.04. The zero-order chi connectivity index (χ0) is 12.0. The van der Waals surface area contributed by atoms with Gasteiger partial charge in [-0.2, -0.15) is 0 Å². The molecule has 0 aromatic heterocycles. The second-order valence-electron chi connectivity index (χ2n) is 3.27. The van der Waals surface area contributed by atoms with Gasteiger partial charge in [0.2, 0.25) is 0 Å². The highest BCUT2D eigenvalue weighted by Crippen LogP contribution is 2.24. The minimum Gasteiger partial charge on any atom is -0.479 e. The molecule has 0 spiro atoms. The minimum atomic E-state index is -0.591. The normalized spacial score (nSPS) is 11.2. The van der Waals surface area contributed by atoms with Gasteiger partial charge in [0.15, 0.2) is 6.10 Å². The molecular formula is C11H16Cl2N2O2. The van der Waals surface area contributed by atoms with E-state index in [-0.39, 0.29) is 18.3 Å². The van der Waals surface area contributed by atoms with Crippen molar-refractivity contribution in [3.05, 3.63) is 29.3 Å². The van der Waals surface area contributed by atoms with Gasteiger partial charge in [0.1, 0.15) is 5.75 Å². The Balaban J connectivity index is 0.00000256. The van der Waals surface area contributed by atoms with Crippen molar-refractivity contribution < 1.29 is 9.53 Å². The van der Waals surface area contributed by atoms with Crippen LogP contribution in [0, 0.1) is 0 Å². The van der Waals surface area contributed by atoms with E-state index < -0.39 is 6.10 Å². The van der Waals surface area contributed by atoms with Crippen LogP contribution in [0.1, 0.15) is 6.92 Å². The number of benzene rings is 1. The van der Waals surface area contributed by atoms with E-state index in [1.165, 1.54) is 0 Å². The Morgan fingerprint density at radius 1 is 1.53 bits per heavy atom. The van der Waals surface area contributed by atoms with Crippen LogP contribution in [0.25, 0.3) is 0 Å². The summed E-state index contributed by atoms with van der Waals surface area (Å²) in [7, 11) is 0. The monoisotopic (exact) mass is 278 g/mol. The third-order valence-corrected chi connectivity index (χ3v) is 2.27. The summed E-state index contributed by atoms with van der Waals surface area (Å²) in [5.41, 5.74) is 5.28. The van der Waals surface area contributed by atoms with Crippen LogP contribution < -0.4 is 15.8 Å². The lowest BCUT2D eigenvalue weighted by Gasteiger charge is -2.15. The summed E-state index contributed by atoms with van der Waals surface area (Å²) in [5, 5.41) is 3.13. The van der Waals surface area contributed by atoms with Gasteiger partial charge in [-0.1, -0.05) is 23.7 Å². The number of carbonyl (C=O) groups excluding carboxylic acids is 1. The number of nitrogens with one attached hydrogen (secondary N) is 1. The number of para-hydroxylation sites is 1. The molecule has 6 heteroatoms. The summed E-state index contributed by atoms with van der Waals surface area (Å²) in [4.78, 5) is 11.5. The molecule has 1 amide bonds. The smallest absolute Gasteiger partial charge is 0.260 e. The van der Waals surface area contributed by atoms with Crippen molar-refractivity contribution in [3.8, 4) is 5.75 Å². The predicted octanol–water partition coefficient (Wildman–Crippen LogP) is 1.60. The summed E-state index contributed by atoms with van der Waals surface area (Å²) in [6.07, 6.45) is -0.591. The average Bonchev–Trinajstić information content (AvgIpc) is 2.28. The summed E-state index contributed by atoms with van der Waals surface area (Å²) in [6, 6.07) is 7.02. The van der Waals surface area contributed by atoms with Crippen LogP contribution in [0.4, 0.5) is 0 Å². The molecule has 4 nitrogen and oxygen atoms in total. The van der Waals surface area contributed by atoms with Crippen LogP contribution in [0.15, 0.2) is 24.3 Å². The van der Waals surface area contributed by atoms with Gasteiger partial charge in [0.05, 0.1) is 5.02 Å². The molecule has 0 radical (unpaired) electrons. The van der Waals surface area contributed by atoms with E-state index in [4.69, 9.17) is 22.1 Å². The molecule has 0 aliphatic rings. The summed E-state index contributed by atoms with van der Waals surface area (Å²) in [5.74, 6) is 0.296. The van der Waals surface area contributed by atoms with E-state index in [0.717, 1.165) is 0 Å². The molecule has 3 N–H and O–H groups in total. The van der Waals surface area contributed by atoms with Crippen molar-refractivity contribution in [1.82, 2.24) is 5.32 Å². The third-order valence-electron chi connectivity index (χ3n) is 1.95. The Morgan fingerprint density at radius 3 is 2.76 bits per heavy atom. The van der Waals surface area contributed by atoms with Crippen molar-refractivity contribution in [2.24, 2.45) is 5.73 Å². The Bertz CT molecular complexity index is 361. The SMILES string of the molecule is CC(Oc1ccccc1Cl)C(=O)NCCN.Cl. The zero-order valence-electron chi connectivity index (χ0n) is 9.48. The number of hydrogen-bond donors (Lipinski definition) is 2. The molecule has 0 fully saturated rings. The molecule has 0 bridgehead atoms. The molecule has 0 heterocycles. The fourth-order valence-corrected chi connectivity index (χ4v) is 1.30. The predicted molar refractivity (Wildman–Crippen MR) is 70.9 cm³/mol. The van der Waals surface area contributed by atoms with Gasteiger partial charge in [0.25, 0.3) is 5.91 Å². The fraction of sp³-hybridized carbons (Fsp3) is 0.364. The number of nitrogens with two attached hydrogens (primary N) is 1. The third kappa shape index (κ3) is 5.26. The van der Waals surface area contributed by atoms with Crippen LogP contribution in [0.5, 0.6) is 5.75 Å². The number of halogens is 2. The van der Waals surface area contributed by atoms with Gasteiger partial charge in [-0.3, -0.25) is 4.79 Å². The van der Waals surface area contributed by atoms with Crippen molar-refractivity contribution in [1.29, 1.82) is 0 Å². The van der Waals surface area contributed by atoms with Crippen LogP contribution in [0.3, 0.4) is 0 Å². The largest absolute Gasteiger partial charge is 0.479 e. The Kier molecular flexibility index (Phi) is 7.70. The number of carbonyl (C=O) groups is 1. The molecule has 0 saturated heterocycles. The Labute approximate surface area is 112 Å².